The van der Waals surface area contributed by atoms with Crippen molar-refractivity contribution in [2.45, 2.75) is 38.9 Å². The summed E-state index contributed by atoms with van der Waals surface area (Å²) in [6, 6.07) is 33.5. The van der Waals surface area contributed by atoms with Gasteiger partial charge in [0.2, 0.25) is 0 Å². The Morgan fingerprint density at radius 1 is 0.694 bits per heavy atom. The number of hydrogen-bond donors (Lipinski definition) is 0. The van der Waals surface area contributed by atoms with Crippen LogP contribution in [-0.2, 0) is 9.31 Å². The number of rotatable bonds is 3. The average molecular weight is 470 g/mol. The summed E-state index contributed by atoms with van der Waals surface area (Å²) in [6.45, 7) is 8.29. The molecule has 0 atom stereocenters. The maximum Gasteiger partial charge on any atom is 0.494 e. The van der Waals surface area contributed by atoms with Gasteiger partial charge in [-0.15, -0.1) is 0 Å². The van der Waals surface area contributed by atoms with Gasteiger partial charge in [-0.25, -0.2) is 0 Å². The quantitative estimate of drug-likeness (QED) is 0.279. The van der Waals surface area contributed by atoms with E-state index < -0.39 is 7.12 Å². The predicted octanol–water partition coefficient (Wildman–Crippen LogP) is 6.62. The molecular weight excluding hydrogens is 443 g/mol. The molecule has 2 heterocycles. The Balaban J connectivity index is 1.50. The minimum Gasteiger partial charge on any atom is -0.399 e. The van der Waals surface area contributed by atoms with Crippen molar-refractivity contribution in [3.8, 4) is 22.9 Å². The second-order valence-corrected chi connectivity index (χ2v) is 10.5. The smallest absolute Gasteiger partial charge is 0.399 e. The molecule has 0 bridgehead atoms. The van der Waals surface area contributed by atoms with E-state index in [0.717, 1.165) is 44.1 Å². The number of hydrogen-bond acceptors (Lipinski definition) is 3. The Kier molecular flexibility index (Phi) is 5.08. The van der Waals surface area contributed by atoms with Crippen molar-refractivity contribution in [1.82, 2.24) is 4.57 Å². The number of benzene rings is 4. The average Bonchev–Trinajstić information content (AvgIpc) is 3.33. The van der Waals surface area contributed by atoms with Gasteiger partial charge in [0.15, 0.2) is 0 Å². The fraction of sp³-hybridized carbons (Fsp3) is 0.194. The molecule has 0 N–H and O–H groups in total. The van der Waals surface area contributed by atoms with Crippen molar-refractivity contribution in [3.63, 3.8) is 0 Å². The number of para-hydroxylation sites is 1. The molecule has 36 heavy (non-hydrogen) atoms. The molecule has 4 aromatic carbocycles. The topological polar surface area (TPSA) is 47.2 Å². The van der Waals surface area contributed by atoms with Crippen LogP contribution < -0.4 is 5.46 Å². The van der Waals surface area contributed by atoms with Crippen LogP contribution in [0.15, 0.2) is 91.0 Å². The zero-order valence-corrected chi connectivity index (χ0v) is 20.9. The van der Waals surface area contributed by atoms with Gasteiger partial charge in [-0.3, -0.25) is 0 Å². The Labute approximate surface area is 211 Å². The standard InChI is InChI=1S/C31H27BN2O2/c1-30(2)31(3,4)36-32(35-30)24-10-8-9-22(18-24)23-14-16-29-27(19-23)26-17-21(20-33)13-15-28(26)34(29)25-11-6-5-7-12-25/h5-19H,1-4H3. The van der Waals surface area contributed by atoms with E-state index in [9.17, 15) is 5.26 Å². The summed E-state index contributed by atoms with van der Waals surface area (Å²) < 4.78 is 14.8. The summed E-state index contributed by atoms with van der Waals surface area (Å²) >= 11 is 0. The molecule has 0 aliphatic carbocycles. The van der Waals surface area contributed by atoms with E-state index in [1.54, 1.807) is 0 Å². The van der Waals surface area contributed by atoms with Crippen LogP contribution in [0.2, 0.25) is 0 Å². The first-order chi connectivity index (χ1) is 17.3. The van der Waals surface area contributed by atoms with Crippen LogP contribution in [0.3, 0.4) is 0 Å². The fourth-order valence-electron chi connectivity index (χ4n) is 4.97. The first-order valence-corrected chi connectivity index (χ1v) is 12.3. The van der Waals surface area contributed by atoms with Gasteiger partial charge in [0.25, 0.3) is 0 Å². The highest BCUT2D eigenvalue weighted by molar-refractivity contribution is 6.62. The van der Waals surface area contributed by atoms with Crippen molar-refractivity contribution in [2.24, 2.45) is 0 Å². The van der Waals surface area contributed by atoms with Gasteiger partial charge in [-0.1, -0.05) is 48.5 Å². The molecule has 1 fully saturated rings. The lowest BCUT2D eigenvalue weighted by atomic mass is 9.78. The number of fused-ring (bicyclic) bond motifs is 3. The molecule has 0 spiro atoms. The number of nitrogens with zero attached hydrogens (tertiary/aromatic N) is 2. The molecule has 0 amide bonds. The van der Waals surface area contributed by atoms with E-state index in [1.807, 2.05) is 36.4 Å². The van der Waals surface area contributed by atoms with Crippen molar-refractivity contribution in [2.75, 3.05) is 0 Å². The maximum absolute atomic E-state index is 9.55. The van der Waals surface area contributed by atoms with Crippen LogP contribution >= 0.6 is 0 Å². The Morgan fingerprint density at radius 2 is 1.33 bits per heavy atom. The minimum atomic E-state index is -0.406. The van der Waals surface area contributed by atoms with Crippen molar-refractivity contribution in [3.05, 3.63) is 96.6 Å². The van der Waals surface area contributed by atoms with Gasteiger partial charge in [-0.05, 0) is 86.7 Å². The summed E-state index contributed by atoms with van der Waals surface area (Å²) in [7, 11) is -0.406. The van der Waals surface area contributed by atoms with Gasteiger partial charge in [0.05, 0.1) is 33.9 Å². The van der Waals surface area contributed by atoms with Crippen LogP contribution in [0.5, 0.6) is 0 Å². The van der Waals surface area contributed by atoms with E-state index in [0.29, 0.717) is 5.56 Å². The minimum absolute atomic E-state index is 0.385. The fourth-order valence-corrected chi connectivity index (χ4v) is 4.97. The molecule has 0 unspecified atom stereocenters. The molecule has 0 saturated carbocycles. The number of aromatic nitrogens is 1. The predicted molar refractivity (Wildman–Crippen MR) is 147 cm³/mol. The zero-order chi connectivity index (χ0) is 25.1. The molecule has 1 aromatic heterocycles. The first-order valence-electron chi connectivity index (χ1n) is 12.3. The van der Waals surface area contributed by atoms with Crippen LogP contribution in [-0.4, -0.2) is 22.9 Å². The van der Waals surface area contributed by atoms with Crippen LogP contribution in [0, 0.1) is 11.3 Å². The van der Waals surface area contributed by atoms with E-state index in [4.69, 9.17) is 9.31 Å². The molecule has 5 aromatic rings. The molecule has 6 rings (SSSR count). The largest absolute Gasteiger partial charge is 0.494 e. The summed E-state index contributed by atoms with van der Waals surface area (Å²) in [4.78, 5) is 0. The molecule has 5 heteroatoms. The lowest BCUT2D eigenvalue weighted by Crippen LogP contribution is -2.41. The highest BCUT2D eigenvalue weighted by Gasteiger charge is 2.51. The Bertz CT molecular complexity index is 1650. The third-order valence-electron chi connectivity index (χ3n) is 7.65. The summed E-state index contributed by atoms with van der Waals surface area (Å²) in [6.07, 6.45) is 0. The molecule has 1 aliphatic rings. The maximum atomic E-state index is 9.55. The lowest BCUT2D eigenvalue weighted by molar-refractivity contribution is 0.00578. The highest BCUT2D eigenvalue weighted by atomic mass is 16.7. The Morgan fingerprint density at radius 3 is 2.03 bits per heavy atom. The van der Waals surface area contributed by atoms with Gasteiger partial charge >= 0.3 is 7.12 Å². The molecule has 1 saturated heterocycles. The monoisotopic (exact) mass is 470 g/mol. The first kappa shape index (κ1) is 22.6. The van der Waals surface area contributed by atoms with Gasteiger partial charge < -0.3 is 13.9 Å². The van der Waals surface area contributed by atoms with Crippen molar-refractivity contribution in [1.29, 1.82) is 5.26 Å². The van der Waals surface area contributed by atoms with Gasteiger partial charge in [0.1, 0.15) is 0 Å². The van der Waals surface area contributed by atoms with Gasteiger partial charge in [0, 0.05) is 16.5 Å². The summed E-state index contributed by atoms with van der Waals surface area (Å²) in [5.74, 6) is 0. The zero-order valence-electron chi connectivity index (χ0n) is 20.9. The molecule has 1 aliphatic heterocycles. The van der Waals surface area contributed by atoms with Crippen LogP contribution in [0.1, 0.15) is 33.3 Å². The summed E-state index contributed by atoms with van der Waals surface area (Å²) in [5, 5.41) is 11.7. The SMILES string of the molecule is CC1(C)OB(c2cccc(-c3ccc4c(c3)c3cc(C#N)ccc3n4-c3ccccc3)c2)OC1(C)C. The summed E-state index contributed by atoms with van der Waals surface area (Å²) in [5.41, 5.74) is 6.38. The molecule has 176 valence electrons. The normalized spacial score (nSPS) is 16.5. The van der Waals surface area contributed by atoms with Crippen molar-refractivity contribution < 1.29 is 9.31 Å². The van der Waals surface area contributed by atoms with E-state index >= 15 is 0 Å². The lowest BCUT2D eigenvalue weighted by Gasteiger charge is -2.32. The third-order valence-corrected chi connectivity index (χ3v) is 7.65. The second kappa shape index (κ2) is 8.10. The van der Waals surface area contributed by atoms with E-state index in [1.165, 1.54) is 0 Å². The number of nitriles is 1. The van der Waals surface area contributed by atoms with E-state index in [-0.39, 0.29) is 11.2 Å². The van der Waals surface area contributed by atoms with Crippen LogP contribution in [0.4, 0.5) is 0 Å². The Hall–Kier alpha value is -3.85. The van der Waals surface area contributed by atoms with E-state index in [2.05, 4.69) is 92.9 Å². The van der Waals surface area contributed by atoms with Crippen LogP contribution in [0.25, 0.3) is 38.6 Å². The van der Waals surface area contributed by atoms with Gasteiger partial charge in [-0.2, -0.15) is 5.26 Å². The highest BCUT2D eigenvalue weighted by Crippen LogP contribution is 2.38. The molecule has 0 radical (unpaired) electrons. The van der Waals surface area contributed by atoms with Crippen molar-refractivity contribution >= 4 is 34.4 Å². The molecule has 4 nitrogen and oxygen atoms in total. The third kappa shape index (κ3) is 3.53. The second-order valence-electron chi connectivity index (χ2n) is 10.5. The molecular formula is C31H27BN2O2.